The molecule has 0 amide bonds. The highest BCUT2D eigenvalue weighted by Gasteiger charge is 2.22. The first kappa shape index (κ1) is 25.4. The summed E-state index contributed by atoms with van der Waals surface area (Å²) in [5.74, 6) is 0.878. The zero-order valence-corrected chi connectivity index (χ0v) is 22.3. The van der Waals surface area contributed by atoms with Gasteiger partial charge in [-0.1, -0.05) is 12.1 Å². The van der Waals surface area contributed by atoms with Crippen LogP contribution in [0.3, 0.4) is 0 Å². The van der Waals surface area contributed by atoms with Crippen molar-refractivity contribution in [3.63, 3.8) is 0 Å². The van der Waals surface area contributed by atoms with Gasteiger partial charge in [0.05, 0.1) is 30.6 Å². The van der Waals surface area contributed by atoms with Gasteiger partial charge in [0.15, 0.2) is 11.5 Å². The lowest BCUT2D eigenvalue weighted by Crippen LogP contribution is -2.45. The number of anilines is 3. The zero-order chi connectivity index (χ0) is 27.6. The van der Waals surface area contributed by atoms with Crippen molar-refractivity contribution in [1.29, 1.82) is 0 Å². The minimum Gasteiger partial charge on any atom is -0.372 e. The number of ether oxygens (including phenoxy) is 1. The zero-order valence-electron chi connectivity index (χ0n) is 22.3. The molecule has 1 aromatic carbocycles. The molecule has 5 aromatic rings. The second-order valence-electron chi connectivity index (χ2n) is 9.72. The number of pyridine rings is 1. The summed E-state index contributed by atoms with van der Waals surface area (Å²) < 4.78 is 9.09. The molecule has 0 bridgehead atoms. The molecule has 40 heavy (non-hydrogen) atoms. The van der Waals surface area contributed by atoms with Crippen molar-refractivity contribution in [2.45, 2.75) is 32.6 Å². The van der Waals surface area contributed by atoms with Crippen LogP contribution in [0, 0.1) is 0 Å². The maximum atomic E-state index is 13.3. The fourth-order valence-corrected chi connectivity index (χ4v) is 5.00. The highest BCUT2D eigenvalue weighted by atomic mass is 16.5. The molecule has 6 rings (SSSR count). The molecule has 0 radical (unpaired) electrons. The predicted molar refractivity (Wildman–Crippen MR) is 154 cm³/mol. The minimum absolute atomic E-state index is 0.184. The number of hydrogen-bond acceptors (Lipinski definition) is 9. The standard InChI is InChI=1S/C29H29N9O2/c1-4-14-37-28(39)23-15-32-29(33-21-8-10-22(11-9-21)36-17-19(2)40-20(3)18-36)35-27(23)38(37)26-7-5-6-24(34-26)25-16-30-12-13-31-25/h4-13,15-16,19-20H,1,14,17-18H2,2-3H3,(H,32,33,35)/t19-,20+. The van der Waals surface area contributed by atoms with E-state index in [-0.39, 0.29) is 24.3 Å². The highest BCUT2D eigenvalue weighted by Crippen LogP contribution is 2.24. The topological polar surface area (TPSA) is 116 Å². The fraction of sp³-hybridized carbons (Fsp3) is 0.241. The van der Waals surface area contributed by atoms with Crippen LogP contribution in [0.1, 0.15) is 13.8 Å². The molecule has 1 aliphatic heterocycles. The van der Waals surface area contributed by atoms with E-state index in [0.717, 1.165) is 24.5 Å². The Morgan fingerprint density at radius 1 is 1.00 bits per heavy atom. The Kier molecular flexibility index (Phi) is 6.79. The van der Waals surface area contributed by atoms with E-state index in [1.807, 2.05) is 30.3 Å². The van der Waals surface area contributed by atoms with Crippen LogP contribution in [-0.4, -0.2) is 59.6 Å². The molecule has 0 spiro atoms. The molecule has 0 saturated carbocycles. The molecule has 0 aliphatic carbocycles. The molecule has 5 heterocycles. The molecule has 1 saturated heterocycles. The van der Waals surface area contributed by atoms with E-state index >= 15 is 0 Å². The molecule has 11 heteroatoms. The van der Waals surface area contributed by atoms with Crippen LogP contribution in [0.15, 0.2) is 84.7 Å². The number of morpholine rings is 1. The van der Waals surface area contributed by atoms with Gasteiger partial charge in [-0.2, -0.15) is 4.98 Å². The summed E-state index contributed by atoms with van der Waals surface area (Å²) in [7, 11) is 0. The van der Waals surface area contributed by atoms with Gasteiger partial charge in [0, 0.05) is 43.1 Å². The van der Waals surface area contributed by atoms with Crippen LogP contribution in [0.25, 0.3) is 28.2 Å². The first-order chi connectivity index (χ1) is 19.5. The molecule has 1 N–H and O–H groups in total. The summed E-state index contributed by atoms with van der Waals surface area (Å²) in [6, 6.07) is 13.7. The Morgan fingerprint density at radius 3 is 2.52 bits per heavy atom. The summed E-state index contributed by atoms with van der Waals surface area (Å²) in [6.45, 7) is 9.98. The van der Waals surface area contributed by atoms with E-state index in [1.54, 1.807) is 35.5 Å². The molecular formula is C29H29N9O2. The normalized spacial score (nSPS) is 17.2. The van der Waals surface area contributed by atoms with Crippen LogP contribution in [0.5, 0.6) is 0 Å². The summed E-state index contributed by atoms with van der Waals surface area (Å²) in [4.78, 5) is 38.1. The summed E-state index contributed by atoms with van der Waals surface area (Å²) >= 11 is 0. The van der Waals surface area contributed by atoms with Crippen LogP contribution < -0.4 is 15.8 Å². The Balaban J connectivity index is 1.35. The van der Waals surface area contributed by atoms with Crippen molar-refractivity contribution >= 4 is 28.4 Å². The number of benzene rings is 1. The Bertz CT molecular complexity index is 1700. The average Bonchev–Trinajstić information content (AvgIpc) is 3.24. The van der Waals surface area contributed by atoms with Gasteiger partial charge in [-0.25, -0.2) is 19.3 Å². The van der Waals surface area contributed by atoms with Gasteiger partial charge >= 0.3 is 0 Å². The second kappa shape index (κ2) is 10.7. The number of aromatic nitrogens is 7. The maximum absolute atomic E-state index is 13.3. The smallest absolute Gasteiger partial charge is 0.278 e. The van der Waals surface area contributed by atoms with Crippen LogP contribution in [0.2, 0.25) is 0 Å². The fourth-order valence-electron chi connectivity index (χ4n) is 5.00. The van der Waals surface area contributed by atoms with Crippen molar-refractivity contribution < 1.29 is 4.74 Å². The van der Waals surface area contributed by atoms with Gasteiger partial charge in [-0.15, -0.1) is 6.58 Å². The van der Waals surface area contributed by atoms with Crippen molar-refractivity contribution in [2.75, 3.05) is 23.3 Å². The number of allylic oxidation sites excluding steroid dienone is 1. The van der Waals surface area contributed by atoms with Gasteiger partial charge in [0.2, 0.25) is 5.95 Å². The van der Waals surface area contributed by atoms with E-state index in [4.69, 9.17) is 14.7 Å². The maximum Gasteiger partial charge on any atom is 0.278 e. The van der Waals surface area contributed by atoms with Gasteiger partial charge in [-0.05, 0) is 50.2 Å². The van der Waals surface area contributed by atoms with Gasteiger partial charge < -0.3 is 15.0 Å². The molecule has 2 atom stereocenters. The molecule has 202 valence electrons. The van der Waals surface area contributed by atoms with Crippen LogP contribution in [-0.2, 0) is 11.3 Å². The number of nitrogens with one attached hydrogen (secondary N) is 1. The van der Waals surface area contributed by atoms with E-state index in [1.165, 1.54) is 4.68 Å². The summed E-state index contributed by atoms with van der Waals surface area (Å²) in [5, 5.41) is 3.65. The van der Waals surface area contributed by atoms with E-state index in [0.29, 0.717) is 34.2 Å². The number of nitrogens with zero attached hydrogens (tertiary/aromatic N) is 8. The molecule has 1 aliphatic rings. The van der Waals surface area contributed by atoms with Crippen molar-refractivity contribution in [2.24, 2.45) is 0 Å². The van der Waals surface area contributed by atoms with Gasteiger partial charge in [0.1, 0.15) is 11.1 Å². The van der Waals surface area contributed by atoms with Gasteiger partial charge in [0.25, 0.3) is 5.56 Å². The number of rotatable bonds is 7. The number of fused-ring (bicyclic) bond motifs is 1. The lowest BCUT2D eigenvalue weighted by molar-refractivity contribution is -0.00521. The van der Waals surface area contributed by atoms with E-state index in [2.05, 4.69) is 57.7 Å². The van der Waals surface area contributed by atoms with Gasteiger partial charge in [-0.3, -0.25) is 14.8 Å². The minimum atomic E-state index is -0.230. The molecule has 11 nitrogen and oxygen atoms in total. The first-order valence-electron chi connectivity index (χ1n) is 13.1. The monoisotopic (exact) mass is 535 g/mol. The third-order valence-corrected chi connectivity index (χ3v) is 6.66. The quantitative estimate of drug-likeness (QED) is 0.309. The SMILES string of the molecule is C=CCn1c(=O)c2cnc(Nc3ccc(N4C[C@@H](C)O[C@@H](C)C4)cc3)nc2n1-c1cccc(-c2cnccn2)n1. The highest BCUT2D eigenvalue weighted by molar-refractivity contribution is 5.77. The van der Waals surface area contributed by atoms with E-state index in [9.17, 15) is 4.79 Å². The molecule has 1 fully saturated rings. The van der Waals surface area contributed by atoms with Crippen LogP contribution >= 0.6 is 0 Å². The third kappa shape index (κ3) is 4.94. The summed E-state index contributed by atoms with van der Waals surface area (Å²) in [6.07, 6.45) is 8.44. The lowest BCUT2D eigenvalue weighted by atomic mass is 10.2. The van der Waals surface area contributed by atoms with Crippen molar-refractivity contribution in [3.05, 3.63) is 90.3 Å². The lowest BCUT2D eigenvalue weighted by Gasteiger charge is -2.36. The second-order valence-corrected chi connectivity index (χ2v) is 9.72. The molecule has 4 aromatic heterocycles. The van der Waals surface area contributed by atoms with E-state index < -0.39 is 0 Å². The number of hydrogen-bond donors (Lipinski definition) is 1. The predicted octanol–water partition coefficient (Wildman–Crippen LogP) is 3.98. The molecular weight excluding hydrogens is 506 g/mol. The first-order valence-corrected chi connectivity index (χ1v) is 13.1. The average molecular weight is 536 g/mol. The summed E-state index contributed by atoms with van der Waals surface area (Å²) in [5.41, 5.74) is 3.42. The largest absolute Gasteiger partial charge is 0.372 e. The van der Waals surface area contributed by atoms with Crippen molar-refractivity contribution in [1.82, 2.24) is 34.3 Å². The molecule has 0 unspecified atom stereocenters. The Morgan fingerprint density at radius 2 is 1.80 bits per heavy atom. The van der Waals surface area contributed by atoms with Crippen LogP contribution in [0.4, 0.5) is 17.3 Å². The van der Waals surface area contributed by atoms with Crippen molar-refractivity contribution in [3.8, 4) is 17.2 Å². The Labute approximate surface area is 230 Å². The third-order valence-electron chi connectivity index (χ3n) is 6.66. The Hall–Kier alpha value is -4.90.